The largest absolute Gasteiger partial charge is 0.311 e. The third-order valence-corrected chi connectivity index (χ3v) is 3.85. The highest BCUT2D eigenvalue weighted by molar-refractivity contribution is 4.81. The molecule has 0 aromatic heterocycles. The zero-order chi connectivity index (χ0) is 11.3. The van der Waals surface area contributed by atoms with Gasteiger partial charge in [0.05, 0.1) is 0 Å². The van der Waals surface area contributed by atoms with Crippen LogP contribution in [0, 0.1) is 5.92 Å². The first-order valence-electron chi connectivity index (χ1n) is 6.61. The molecule has 0 amide bonds. The second-order valence-electron chi connectivity index (χ2n) is 5.13. The van der Waals surface area contributed by atoms with E-state index in [2.05, 4.69) is 38.0 Å². The van der Waals surface area contributed by atoms with Gasteiger partial charge < -0.3 is 10.2 Å². The molecule has 0 saturated carbocycles. The van der Waals surface area contributed by atoms with Gasteiger partial charge in [-0.25, -0.2) is 0 Å². The van der Waals surface area contributed by atoms with Crippen molar-refractivity contribution in [2.75, 3.05) is 20.1 Å². The summed E-state index contributed by atoms with van der Waals surface area (Å²) in [4.78, 5) is 2.47. The normalized spacial score (nSPS) is 25.8. The van der Waals surface area contributed by atoms with Crippen molar-refractivity contribution < 1.29 is 0 Å². The number of piperidine rings is 1. The van der Waals surface area contributed by atoms with Crippen LogP contribution in [-0.4, -0.2) is 37.1 Å². The summed E-state index contributed by atoms with van der Waals surface area (Å²) in [6.07, 6.45) is 5.28. The standard InChI is InChI=1S/C13H28N2/c1-5-13(6-2)14-11(3)12-8-7-9-15(4)10-12/h11-14H,5-10H2,1-4H3. The van der Waals surface area contributed by atoms with Crippen molar-refractivity contribution in [3.63, 3.8) is 0 Å². The molecule has 1 heterocycles. The lowest BCUT2D eigenvalue weighted by atomic mass is 9.91. The lowest BCUT2D eigenvalue weighted by Crippen LogP contribution is -2.46. The molecule has 2 atom stereocenters. The molecule has 1 aliphatic heterocycles. The van der Waals surface area contributed by atoms with Crippen LogP contribution in [-0.2, 0) is 0 Å². The highest BCUT2D eigenvalue weighted by Crippen LogP contribution is 2.19. The number of nitrogens with one attached hydrogen (secondary N) is 1. The molecule has 15 heavy (non-hydrogen) atoms. The first-order valence-corrected chi connectivity index (χ1v) is 6.61. The first-order chi connectivity index (χ1) is 7.17. The summed E-state index contributed by atoms with van der Waals surface area (Å²) in [7, 11) is 2.25. The molecule has 0 radical (unpaired) electrons. The Morgan fingerprint density at radius 3 is 2.53 bits per heavy atom. The Balaban J connectivity index is 2.34. The van der Waals surface area contributed by atoms with Crippen molar-refractivity contribution >= 4 is 0 Å². The van der Waals surface area contributed by atoms with E-state index < -0.39 is 0 Å². The highest BCUT2D eigenvalue weighted by Gasteiger charge is 2.23. The zero-order valence-corrected chi connectivity index (χ0v) is 10.9. The smallest absolute Gasteiger partial charge is 0.00818 e. The lowest BCUT2D eigenvalue weighted by Gasteiger charge is -2.35. The van der Waals surface area contributed by atoms with Gasteiger partial charge in [-0.15, -0.1) is 0 Å². The summed E-state index contributed by atoms with van der Waals surface area (Å²) >= 11 is 0. The molecule has 90 valence electrons. The highest BCUT2D eigenvalue weighted by atomic mass is 15.1. The number of likely N-dealkylation sites (tertiary alicyclic amines) is 1. The van der Waals surface area contributed by atoms with Crippen LogP contribution in [0.2, 0.25) is 0 Å². The summed E-state index contributed by atoms with van der Waals surface area (Å²) < 4.78 is 0. The quantitative estimate of drug-likeness (QED) is 0.753. The van der Waals surface area contributed by atoms with Gasteiger partial charge in [0.25, 0.3) is 0 Å². The van der Waals surface area contributed by atoms with Gasteiger partial charge in [0.2, 0.25) is 0 Å². The molecular formula is C13H28N2. The Labute approximate surface area is 95.4 Å². The molecule has 1 fully saturated rings. The van der Waals surface area contributed by atoms with E-state index in [1.54, 1.807) is 0 Å². The van der Waals surface area contributed by atoms with Crippen molar-refractivity contribution in [2.24, 2.45) is 5.92 Å². The van der Waals surface area contributed by atoms with Crippen LogP contribution in [0.3, 0.4) is 0 Å². The topological polar surface area (TPSA) is 15.3 Å². The molecule has 2 heteroatoms. The predicted octanol–water partition coefficient (Wildman–Crippen LogP) is 2.49. The minimum atomic E-state index is 0.678. The van der Waals surface area contributed by atoms with Gasteiger partial charge in [0.15, 0.2) is 0 Å². The van der Waals surface area contributed by atoms with E-state index in [4.69, 9.17) is 0 Å². The maximum atomic E-state index is 3.78. The molecule has 1 rings (SSSR count). The van der Waals surface area contributed by atoms with Crippen LogP contribution in [0.4, 0.5) is 0 Å². The van der Waals surface area contributed by atoms with Gasteiger partial charge in [-0.05, 0) is 52.1 Å². The molecule has 0 bridgehead atoms. The molecule has 2 nitrogen and oxygen atoms in total. The maximum absolute atomic E-state index is 3.78. The zero-order valence-electron chi connectivity index (χ0n) is 10.9. The van der Waals surface area contributed by atoms with E-state index in [0.717, 1.165) is 5.92 Å². The Morgan fingerprint density at radius 1 is 1.33 bits per heavy atom. The second-order valence-corrected chi connectivity index (χ2v) is 5.13. The van der Waals surface area contributed by atoms with Crippen LogP contribution < -0.4 is 5.32 Å². The number of nitrogens with zero attached hydrogens (tertiary/aromatic N) is 1. The fraction of sp³-hybridized carbons (Fsp3) is 1.00. The average Bonchev–Trinajstić information content (AvgIpc) is 2.25. The molecular weight excluding hydrogens is 184 g/mol. The molecule has 2 unspecified atom stereocenters. The molecule has 1 aliphatic rings. The van der Waals surface area contributed by atoms with E-state index >= 15 is 0 Å². The second kappa shape index (κ2) is 6.49. The molecule has 0 aliphatic carbocycles. The van der Waals surface area contributed by atoms with Crippen LogP contribution >= 0.6 is 0 Å². The van der Waals surface area contributed by atoms with Gasteiger partial charge in [-0.3, -0.25) is 0 Å². The number of rotatable bonds is 5. The molecule has 0 spiro atoms. The van der Waals surface area contributed by atoms with Crippen molar-refractivity contribution in [3.8, 4) is 0 Å². The van der Waals surface area contributed by atoms with E-state index in [1.165, 1.54) is 38.8 Å². The third-order valence-electron chi connectivity index (χ3n) is 3.85. The van der Waals surface area contributed by atoms with Crippen molar-refractivity contribution in [3.05, 3.63) is 0 Å². The maximum Gasteiger partial charge on any atom is 0.00818 e. The van der Waals surface area contributed by atoms with Crippen LogP contribution in [0.15, 0.2) is 0 Å². The molecule has 0 aromatic rings. The minimum Gasteiger partial charge on any atom is -0.311 e. The summed E-state index contributed by atoms with van der Waals surface area (Å²) in [6.45, 7) is 9.48. The lowest BCUT2D eigenvalue weighted by molar-refractivity contribution is 0.172. The van der Waals surface area contributed by atoms with Crippen molar-refractivity contribution in [1.29, 1.82) is 0 Å². The number of hydrogen-bond acceptors (Lipinski definition) is 2. The average molecular weight is 212 g/mol. The number of hydrogen-bond donors (Lipinski definition) is 1. The monoisotopic (exact) mass is 212 g/mol. The van der Waals surface area contributed by atoms with Gasteiger partial charge in [-0.2, -0.15) is 0 Å². The summed E-state index contributed by atoms with van der Waals surface area (Å²) in [5, 5.41) is 3.78. The Kier molecular flexibility index (Phi) is 5.62. The fourth-order valence-electron chi connectivity index (χ4n) is 2.65. The predicted molar refractivity (Wildman–Crippen MR) is 67.2 cm³/mol. The van der Waals surface area contributed by atoms with Crippen LogP contribution in [0.25, 0.3) is 0 Å². The van der Waals surface area contributed by atoms with E-state index in [1.807, 2.05) is 0 Å². The summed E-state index contributed by atoms with van der Waals surface area (Å²) in [5.74, 6) is 0.851. The van der Waals surface area contributed by atoms with Crippen LogP contribution in [0.1, 0.15) is 46.5 Å². The van der Waals surface area contributed by atoms with Crippen LogP contribution in [0.5, 0.6) is 0 Å². The molecule has 1 N–H and O–H groups in total. The molecule has 0 aromatic carbocycles. The van der Waals surface area contributed by atoms with Gasteiger partial charge >= 0.3 is 0 Å². The first kappa shape index (κ1) is 13.0. The minimum absolute atomic E-state index is 0.678. The van der Waals surface area contributed by atoms with E-state index in [0.29, 0.717) is 12.1 Å². The Bertz CT molecular complexity index is 166. The summed E-state index contributed by atoms with van der Waals surface area (Å²) in [6, 6.07) is 1.39. The fourth-order valence-corrected chi connectivity index (χ4v) is 2.65. The summed E-state index contributed by atoms with van der Waals surface area (Å²) in [5.41, 5.74) is 0. The third kappa shape index (κ3) is 4.12. The van der Waals surface area contributed by atoms with Gasteiger partial charge in [0.1, 0.15) is 0 Å². The Hall–Kier alpha value is -0.0800. The van der Waals surface area contributed by atoms with Crippen molar-refractivity contribution in [1.82, 2.24) is 10.2 Å². The molecule has 1 saturated heterocycles. The SMILES string of the molecule is CCC(CC)NC(C)C1CCCN(C)C1. The van der Waals surface area contributed by atoms with Gasteiger partial charge in [-0.1, -0.05) is 13.8 Å². The van der Waals surface area contributed by atoms with Crippen molar-refractivity contribution in [2.45, 2.75) is 58.5 Å². The van der Waals surface area contributed by atoms with E-state index in [-0.39, 0.29) is 0 Å². The van der Waals surface area contributed by atoms with Gasteiger partial charge in [0, 0.05) is 18.6 Å². The van der Waals surface area contributed by atoms with E-state index in [9.17, 15) is 0 Å². The Morgan fingerprint density at radius 2 is 2.00 bits per heavy atom.